The largest absolute Gasteiger partial charge is 0.390 e. The van der Waals surface area contributed by atoms with E-state index >= 15 is 0 Å². The second kappa shape index (κ2) is 11.2. The fourth-order valence-electron chi connectivity index (χ4n) is 7.74. The molecule has 4 fully saturated rings. The topological polar surface area (TPSA) is 86.6 Å². The van der Waals surface area contributed by atoms with E-state index in [1.165, 1.54) is 5.57 Å². The van der Waals surface area contributed by atoms with E-state index in [1.807, 2.05) is 20.8 Å². The molecule has 4 saturated heterocycles. The van der Waals surface area contributed by atoms with Gasteiger partial charge in [-0.25, -0.2) is 0 Å². The third-order valence-electron chi connectivity index (χ3n) is 10.3. The molecule has 4 rings (SSSR count). The Balaban J connectivity index is 1.34. The zero-order valence-corrected chi connectivity index (χ0v) is 27.0. The summed E-state index contributed by atoms with van der Waals surface area (Å²) in [5.41, 5.74) is -1.56. The van der Waals surface area contributed by atoms with Crippen molar-refractivity contribution in [2.75, 3.05) is 0 Å². The molecule has 9 atom stereocenters. The van der Waals surface area contributed by atoms with Crippen molar-refractivity contribution in [3.05, 3.63) is 11.6 Å². The lowest BCUT2D eigenvalue weighted by Crippen LogP contribution is -2.58. The molecule has 0 unspecified atom stereocenters. The summed E-state index contributed by atoms with van der Waals surface area (Å²) in [6, 6.07) is 0. The first-order valence-electron chi connectivity index (χ1n) is 15.7. The summed E-state index contributed by atoms with van der Waals surface area (Å²) in [5.74, 6) is -0.612. The van der Waals surface area contributed by atoms with E-state index < -0.39 is 39.9 Å². The summed E-state index contributed by atoms with van der Waals surface area (Å²) in [5, 5.41) is 22.4. The van der Waals surface area contributed by atoms with Gasteiger partial charge in [0, 0.05) is 0 Å². The van der Waals surface area contributed by atoms with Gasteiger partial charge in [-0.3, -0.25) is 0 Å². The lowest BCUT2D eigenvalue weighted by Gasteiger charge is -2.50. The highest BCUT2D eigenvalue weighted by atomic mass is 16.8. The SMILES string of the molecule is CC(C)=CCC[C@@]1(C)O[C@@](C)([C@@H]2CC[C@@H]([C@@]3(C)CC[C@@H]([C@](C)(O)CC[C@H]4OC(C)(C)OC4(C)C)O3)O2)CC[C@@H]1O. The Labute approximate surface area is 243 Å². The van der Waals surface area contributed by atoms with E-state index in [2.05, 4.69) is 54.5 Å². The fourth-order valence-corrected chi connectivity index (χ4v) is 7.74. The molecule has 4 heterocycles. The molecule has 7 nitrogen and oxygen atoms in total. The van der Waals surface area contributed by atoms with Crippen molar-refractivity contribution in [1.82, 2.24) is 0 Å². The van der Waals surface area contributed by atoms with E-state index in [-0.39, 0.29) is 24.4 Å². The Morgan fingerprint density at radius 3 is 2.10 bits per heavy atom. The molecule has 0 aromatic carbocycles. The van der Waals surface area contributed by atoms with Crippen molar-refractivity contribution in [1.29, 1.82) is 0 Å². The lowest BCUT2D eigenvalue weighted by atomic mass is 9.79. The van der Waals surface area contributed by atoms with E-state index in [0.717, 1.165) is 51.4 Å². The molecule has 2 N–H and O–H groups in total. The zero-order valence-electron chi connectivity index (χ0n) is 27.0. The van der Waals surface area contributed by atoms with Gasteiger partial charge in [-0.15, -0.1) is 0 Å². The number of allylic oxidation sites excluding steroid dienone is 2. The maximum Gasteiger partial charge on any atom is 0.164 e. The van der Waals surface area contributed by atoms with Gasteiger partial charge in [0.25, 0.3) is 0 Å². The summed E-state index contributed by atoms with van der Waals surface area (Å²) in [6.07, 6.45) is 9.24. The van der Waals surface area contributed by atoms with Crippen LogP contribution in [0.3, 0.4) is 0 Å². The molecule has 0 radical (unpaired) electrons. The smallest absolute Gasteiger partial charge is 0.164 e. The molecule has 4 aliphatic rings. The highest BCUT2D eigenvalue weighted by Gasteiger charge is 2.56. The van der Waals surface area contributed by atoms with Gasteiger partial charge < -0.3 is 33.9 Å². The van der Waals surface area contributed by atoms with Crippen LogP contribution in [0.1, 0.15) is 133 Å². The lowest BCUT2D eigenvalue weighted by molar-refractivity contribution is -0.264. The van der Waals surface area contributed by atoms with E-state index in [1.54, 1.807) is 0 Å². The van der Waals surface area contributed by atoms with Crippen molar-refractivity contribution >= 4 is 0 Å². The molecule has 4 aliphatic heterocycles. The van der Waals surface area contributed by atoms with Gasteiger partial charge in [-0.1, -0.05) is 11.6 Å². The van der Waals surface area contributed by atoms with Gasteiger partial charge in [0.05, 0.1) is 58.5 Å². The van der Waals surface area contributed by atoms with Crippen molar-refractivity contribution in [3.63, 3.8) is 0 Å². The van der Waals surface area contributed by atoms with Crippen LogP contribution < -0.4 is 0 Å². The monoisotopic (exact) mass is 566 g/mol. The van der Waals surface area contributed by atoms with Crippen LogP contribution in [0.25, 0.3) is 0 Å². The molecule has 0 aromatic rings. The Morgan fingerprint density at radius 1 is 0.875 bits per heavy atom. The molecule has 40 heavy (non-hydrogen) atoms. The number of aliphatic hydroxyl groups excluding tert-OH is 1. The molecule has 7 heteroatoms. The first-order valence-corrected chi connectivity index (χ1v) is 15.7. The van der Waals surface area contributed by atoms with E-state index in [0.29, 0.717) is 12.8 Å². The van der Waals surface area contributed by atoms with Gasteiger partial charge in [-0.05, 0) is 133 Å². The normalized spacial score (nSPS) is 44.5. The molecule has 0 saturated carbocycles. The third kappa shape index (κ3) is 6.82. The summed E-state index contributed by atoms with van der Waals surface area (Å²) in [4.78, 5) is 0. The van der Waals surface area contributed by atoms with Crippen LogP contribution in [0.15, 0.2) is 11.6 Å². The average molecular weight is 567 g/mol. The first-order chi connectivity index (χ1) is 18.3. The molecule has 0 aromatic heterocycles. The zero-order chi connectivity index (χ0) is 29.8. The highest BCUT2D eigenvalue weighted by Crippen LogP contribution is 2.49. The predicted molar refractivity (Wildman–Crippen MR) is 156 cm³/mol. The van der Waals surface area contributed by atoms with Gasteiger partial charge in [0.15, 0.2) is 5.79 Å². The summed E-state index contributed by atoms with van der Waals surface area (Å²) in [7, 11) is 0. The van der Waals surface area contributed by atoms with Gasteiger partial charge in [0.1, 0.15) is 0 Å². The number of aliphatic hydroxyl groups is 2. The van der Waals surface area contributed by atoms with Crippen molar-refractivity contribution in [2.45, 2.75) is 198 Å². The molecule has 232 valence electrons. The summed E-state index contributed by atoms with van der Waals surface area (Å²) in [6.45, 7) is 20.5. The second-order valence-corrected chi connectivity index (χ2v) is 15.4. The minimum atomic E-state index is -0.969. The first kappa shape index (κ1) is 32.4. The van der Waals surface area contributed by atoms with Gasteiger partial charge >= 0.3 is 0 Å². The van der Waals surface area contributed by atoms with Crippen LogP contribution in [0.4, 0.5) is 0 Å². The Morgan fingerprint density at radius 2 is 1.50 bits per heavy atom. The second-order valence-electron chi connectivity index (χ2n) is 15.4. The molecular weight excluding hydrogens is 508 g/mol. The van der Waals surface area contributed by atoms with Gasteiger partial charge in [0.2, 0.25) is 0 Å². The quantitative estimate of drug-likeness (QED) is 0.314. The van der Waals surface area contributed by atoms with Gasteiger partial charge in [-0.2, -0.15) is 0 Å². The average Bonchev–Trinajstić information content (AvgIpc) is 3.52. The molecule has 0 spiro atoms. The number of hydrogen-bond acceptors (Lipinski definition) is 7. The Hall–Kier alpha value is -0.540. The summed E-state index contributed by atoms with van der Waals surface area (Å²) < 4.78 is 32.4. The van der Waals surface area contributed by atoms with Crippen molar-refractivity contribution in [3.8, 4) is 0 Å². The van der Waals surface area contributed by atoms with Crippen LogP contribution in [0.5, 0.6) is 0 Å². The van der Waals surface area contributed by atoms with Crippen LogP contribution >= 0.6 is 0 Å². The summed E-state index contributed by atoms with van der Waals surface area (Å²) >= 11 is 0. The number of hydrogen-bond donors (Lipinski definition) is 2. The highest BCUT2D eigenvalue weighted by molar-refractivity contribution is 5.06. The fraction of sp³-hybridized carbons (Fsp3) is 0.939. The third-order valence-corrected chi connectivity index (χ3v) is 10.3. The maximum absolute atomic E-state index is 11.5. The minimum absolute atomic E-state index is 0.0436. The minimum Gasteiger partial charge on any atom is -0.390 e. The predicted octanol–water partition coefficient (Wildman–Crippen LogP) is 6.37. The molecule has 0 amide bonds. The van der Waals surface area contributed by atoms with E-state index in [9.17, 15) is 10.2 Å². The van der Waals surface area contributed by atoms with Crippen LogP contribution in [0, 0.1) is 0 Å². The standard InChI is InChI=1S/C33H58O7/c1-22(2)12-11-18-31(8)23(34)15-20-33(10,40-31)27-14-13-26(36-27)32(9)21-17-25(38-32)30(7,35)19-16-24-28(3,4)39-29(5,6)37-24/h12,23-27,34-35H,11,13-21H2,1-10H3/t23-,24+,25-,26-,27-,30+,31+,32+,33+/m0/s1. The van der Waals surface area contributed by atoms with Crippen LogP contribution in [-0.4, -0.2) is 74.5 Å². The number of rotatable bonds is 9. The van der Waals surface area contributed by atoms with Crippen LogP contribution in [0.2, 0.25) is 0 Å². The van der Waals surface area contributed by atoms with Crippen LogP contribution in [-0.2, 0) is 23.7 Å². The molecule has 0 aliphatic carbocycles. The number of ether oxygens (including phenoxy) is 5. The Kier molecular flexibility index (Phi) is 9.05. The molecule has 0 bridgehead atoms. The van der Waals surface area contributed by atoms with Crippen molar-refractivity contribution in [2.24, 2.45) is 0 Å². The van der Waals surface area contributed by atoms with E-state index in [4.69, 9.17) is 23.7 Å². The maximum atomic E-state index is 11.5. The Bertz CT molecular complexity index is 924. The van der Waals surface area contributed by atoms with Crippen molar-refractivity contribution < 1.29 is 33.9 Å². The molecular formula is C33H58O7.